The average molecular weight is 349 g/mol. The largest absolute Gasteiger partial charge is 0.496 e. The monoisotopic (exact) mass is 348 g/mol. The number of carbonyl (C=O) groups is 1. The summed E-state index contributed by atoms with van der Waals surface area (Å²) in [7, 11) is 1.63. The number of methoxy groups -OCH3 is 1. The zero-order chi connectivity index (χ0) is 16.7. The summed E-state index contributed by atoms with van der Waals surface area (Å²) in [4.78, 5) is 13.1. The van der Waals surface area contributed by atoms with Crippen LogP contribution in [0.25, 0.3) is 0 Å². The van der Waals surface area contributed by atoms with Crippen LogP contribution in [0.4, 0.5) is 0 Å². The smallest absolute Gasteiger partial charge is 0.175 e. The quantitative estimate of drug-likeness (QED) is 0.365. The molecule has 3 nitrogen and oxygen atoms in total. The molecule has 0 aliphatic rings. The van der Waals surface area contributed by atoms with Crippen LogP contribution in [0, 0.1) is 0 Å². The number of hydrogen-bond acceptors (Lipinski definition) is 3. The first-order valence-corrected chi connectivity index (χ1v) is 8.77. The molecule has 5 heteroatoms. The molecule has 0 aliphatic heterocycles. The van der Waals surface area contributed by atoms with Gasteiger partial charge in [-0.1, -0.05) is 48.0 Å². The first kappa shape index (κ1) is 17.7. The molecular weight excluding hydrogens is 331 g/mol. The number of ketones is 1. The lowest BCUT2D eigenvalue weighted by atomic mass is 9.87. The zero-order valence-corrected chi connectivity index (χ0v) is 14.5. The third kappa shape index (κ3) is 4.40. The third-order valence-corrected chi connectivity index (χ3v) is 4.52. The second kappa shape index (κ2) is 8.81. The van der Waals surface area contributed by atoms with E-state index >= 15 is 0 Å². The lowest BCUT2D eigenvalue weighted by Crippen LogP contribution is -2.15. The fraction of sp³-hybridized carbons (Fsp3) is 0.278. The van der Waals surface area contributed by atoms with Crippen LogP contribution in [-0.2, 0) is 4.57 Å². The highest BCUT2D eigenvalue weighted by molar-refractivity contribution is 7.23. The number of carbonyl (C=O) groups excluding carboxylic acids is 1. The summed E-state index contributed by atoms with van der Waals surface area (Å²) < 4.78 is 16.0. The molecule has 0 aliphatic carbocycles. The van der Waals surface area contributed by atoms with E-state index in [-0.39, 0.29) is 20.2 Å². The van der Waals surface area contributed by atoms with Gasteiger partial charge in [0.1, 0.15) is 5.75 Å². The number of benzene rings is 2. The molecule has 0 amide bonds. The molecule has 23 heavy (non-hydrogen) atoms. The third-order valence-electron chi connectivity index (χ3n) is 3.70. The minimum absolute atomic E-state index is 0.0683. The summed E-state index contributed by atoms with van der Waals surface area (Å²) in [5, 5.41) is 0.386. The fourth-order valence-electron chi connectivity index (χ4n) is 2.58. The van der Waals surface area contributed by atoms with Gasteiger partial charge in [0.25, 0.3) is 0 Å². The standard InChI is InChI=1S/C18H18ClO3P/c1-22-16-11-5-10-15(19)17(16)18(20)14(9-6-12-23-21)13-7-3-2-4-8-13/h2-5,7-8,10-11,14H,6,9,12H2,1H3. The minimum atomic E-state index is -0.327. The molecule has 2 rings (SSSR count). The summed E-state index contributed by atoms with van der Waals surface area (Å²) >= 11 is 6.24. The van der Waals surface area contributed by atoms with Crippen molar-refractivity contribution in [2.24, 2.45) is 0 Å². The second-order valence-electron chi connectivity index (χ2n) is 5.14. The Labute approximate surface area is 142 Å². The lowest BCUT2D eigenvalue weighted by molar-refractivity contribution is 0.0952. The van der Waals surface area contributed by atoms with Gasteiger partial charge in [0.2, 0.25) is 0 Å². The maximum absolute atomic E-state index is 13.1. The summed E-state index contributed by atoms with van der Waals surface area (Å²) in [6.45, 7) is 0. The van der Waals surface area contributed by atoms with Crippen molar-refractivity contribution >= 4 is 25.8 Å². The maximum Gasteiger partial charge on any atom is 0.175 e. The first-order valence-electron chi connectivity index (χ1n) is 7.39. The number of hydrogen-bond donors (Lipinski definition) is 0. The maximum atomic E-state index is 13.1. The van der Waals surface area contributed by atoms with Gasteiger partial charge in [0, 0.05) is 12.1 Å². The van der Waals surface area contributed by atoms with Crippen LogP contribution in [0.2, 0.25) is 5.02 Å². The van der Waals surface area contributed by atoms with Crippen molar-refractivity contribution in [1.29, 1.82) is 0 Å². The highest BCUT2D eigenvalue weighted by atomic mass is 35.5. The molecule has 120 valence electrons. The van der Waals surface area contributed by atoms with Crippen molar-refractivity contribution in [2.45, 2.75) is 18.8 Å². The Morgan fingerprint density at radius 3 is 2.57 bits per heavy atom. The van der Waals surface area contributed by atoms with E-state index in [0.29, 0.717) is 35.3 Å². The molecule has 0 saturated carbocycles. The molecule has 0 N–H and O–H groups in total. The Morgan fingerprint density at radius 1 is 1.17 bits per heavy atom. The van der Waals surface area contributed by atoms with Crippen LogP contribution in [0.1, 0.15) is 34.7 Å². The van der Waals surface area contributed by atoms with Gasteiger partial charge in [-0.05, 0) is 30.5 Å². The molecule has 2 aromatic rings. The summed E-state index contributed by atoms with van der Waals surface area (Å²) in [5.74, 6) is 0.0818. The molecule has 0 fully saturated rings. The van der Waals surface area contributed by atoms with Gasteiger partial charge in [-0.3, -0.25) is 9.36 Å². The van der Waals surface area contributed by atoms with Crippen LogP contribution >= 0.6 is 20.1 Å². The minimum Gasteiger partial charge on any atom is -0.496 e. The van der Waals surface area contributed by atoms with E-state index in [1.807, 2.05) is 30.3 Å². The number of rotatable bonds is 8. The van der Waals surface area contributed by atoms with Crippen molar-refractivity contribution in [3.05, 3.63) is 64.7 Å². The predicted molar refractivity (Wildman–Crippen MR) is 93.2 cm³/mol. The Kier molecular flexibility index (Phi) is 6.76. The molecule has 0 spiro atoms. The van der Waals surface area contributed by atoms with Crippen LogP contribution in [0.15, 0.2) is 48.5 Å². The van der Waals surface area contributed by atoms with Gasteiger partial charge in [-0.15, -0.1) is 0 Å². The van der Waals surface area contributed by atoms with Crippen LogP contribution in [0.3, 0.4) is 0 Å². The van der Waals surface area contributed by atoms with Crippen LogP contribution < -0.4 is 4.74 Å². The van der Waals surface area contributed by atoms with Crippen LogP contribution in [0.5, 0.6) is 5.75 Å². The predicted octanol–water partition coefficient (Wildman–Crippen LogP) is 5.39. The zero-order valence-electron chi connectivity index (χ0n) is 12.9. The Bertz CT molecular complexity index is 673. The summed E-state index contributed by atoms with van der Waals surface area (Å²) in [6.07, 6.45) is 1.85. The molecule has 0 bridgehead atoms. The number of Topliss-reactive ketones (excluding diaryl/α,β-unsaturated/α-hetero) is 1. The van der Waals surface area contributed by atoms with Gasteiger partial charge < -0.3 is 4.74 Å². The van der Waals surface area contributed by atoms with E-state index < -0.39 is 0 Å². The molecule has 1 atom stereocenters. The van der Waals surface area contributed by atoms with Crippen LogP contribution in [-0.4, -0.2) is 19.1 Å². The van der Waals surface area contributed by atoms with Gasteiger partial charge in [-0.2, -0.15) is 0 Å². The topological polar surface area (TPSA) is 43.4 Å². The molecular formula is C18H18ClO3P. The van der Waals surface area contributed by atoms with E-state index in [1.54, 1.807) is 18.2 Å². The number of halogens is 1. The van der Waals surface area contributed by atoms with E-state index in [9.17, 15) is 9.36 Å². The SMILES string of the molecule is COc1cccc(Cl)c1C(=O)C(CCCP=O)c1ccccc1. The van der Waals surface area contributed by atoms with Gasteiger partial charge in [-0.25, -0.2) is 0 Å². The van der Waals surface area contributed by atoms with E-state index in [1.165, 1.54) is 7.11 Å². The van der Waals surface area contributed by atoms with Crippen molar-refractivity contribution in [3.8, 4) is 5.75 Å². The molecule has 0 saturated heterocycles. The summed E-state index contributed by atoms with van der Waals surface area (Å²) in [6, 6.07) is 14.8. The van der Waals surface area contributed by atoms with Gasteiger partial charge in [0.15, 0.2) is 14.2 Å². The van der Waals surface area contributed by atoms with Crippen molar-refractivity contribution in [1.82, 2.24) is 0 Å². The first-order chi connectivity index (χ1) is 11.2. The van der Waals surface area contributed by atoms with E-state index in [4.69, 9.17) is 16.3 Å². The van der Waals surface area contributed by atoms with Gasteiger partial charge >= 0.3 is 0 Å². The summed E-state index contributed by atoms with van der Waals surface area (Å²) in [5.41, 5.74) is 1.34. The number of ether oxygens (including phenoxy) is 1. The van der Waals surface area contributed by atoms with Gasteiger partial charge in [0.05, 0.1) is 17.7 Å². The highest BCUT2D eigenvalue weighted by Crippen LogP contribution is 2.34. The molecule has 0 aromatic heterocycles. The molecule has 1 unspecified atom stereocenters. The lowest BCUT2D eigenvalue weighted by Gasteiger charge is -2.18. The normalized spacial score (nSPS) is 12.1. The van der Waals surface area contributed by atoms with E-state index in [0.717, 1.165) is 5.56 Å². The second-order valence-corrected chi connectivity index (χ2v) is 6.25. The fourth-order valence-corrected chi connectivity index (χ4v) is 3.15. The van der Waals surface area contributed by atoms with Crippen molar-refractivity contribution in [3.63, 3.8) is 0 Å². The average Bonchev–Trinajstić information content (AvgIpc) is 2.58. The molecule has 0 radical (unpaired) electrons. The Hall–Kier alpha value is -1.70. The Morgan fingerprint density at radius 2 is 1.91 bits per heavy atom. The molecule has 0 heterocycles. The van der Waals surface area contributed by atoms with Crippen molar-refractivity contribution in [2.75, 3.05) is 13.3 Å². The Balaban J connectivity index is 2.39. The van der Waals surface area contributed by atoms with E-state index in [2.05, 4.69) is 0 Å². The van der Waals surface area contributed by atoms with Crippen molar-refractivity contribution < 1.29 is 14.1 Å². The molecule has 2 aromatic carbocycles. The highest BCUT2D eigenvalue weighted by Gasteiger charge is 2.26.